The fraction of sp³-hybridized carbons (Fsp3) is 0.615. The van der Waals surface area contributed by atoms with E-state index >= 15 is 0 Å². The summed E-state index contributed by atoms with van der Waals surface area (Å²) in [6.45, 7) is 10.6. The summed E-state index contributed by atoms with van der Waals surface area (Å²) in [5, 5.41) is 0.566. The van der Waals surface area contributed by atoms with Crippen LogP contribution in [0.15, 0.2) is 12.1 Å². The summed E-state index contributed by atoms with van der Waals surface area (Å²) in [6, 6.07) is 4.36. The zero-order chi connectivity index (χ0) is 24.8. The summed E-state index contributed by atoms with van der Waals surface area (Å²) in [4.78, 5) is 29.0. The van der Waals surface area contributed by atoms with Gasteiger partial charge in [-0.3, -0.25) is 0 Å². The van der Waals surface area contributed by atoms with Crippen LogP contribution < -0.4 is 4.90 Å². The standard InChI is InChI=1S/C26H37BrN2O4/c1-8-29(21-13-11-20(12-14-21)28(6)25(31)33-26(3,4)5)23-17-19(10-9-15-27)16-22(18(23)2)24(30)32-7/h16-17,20-21H,8,11-15H2,1-7H3. The van der Waals surface area contributed by atoms with E-state index in [1.807, 2.05) is 34.7 Å². The average molecular weight is 521 g/mol. The molecule has 1 fully saturated rings. The van der Waals surface area contributed by atoms with E-state index in [0.717, 1.165) is 49.0 Å². The maximum atomic E-state index is 12.5. The Kier molecular flexibility index (Phi) is 9.66. The Morgan fingerprint density at radius 2 is 1.76 bits per heavy atom. The number of amides is 1. The van der Waals surface area contributed by atoms with Gasteiger partial charge >= 0.3 is 12.1 Å². The molecule has 1 aromatic rings. The largest absolute Gasteiger partial charge is 0.465 e. The molecule has 0 N–H and O–H groups in total. The number of halogens is 1. The Morgan fingerprint density at radius 3 is 2.27 bits per heavy atom. The zero-order valence-electron chi connectivity index (χ0n) is 21.0. The van der Waals surface area contributed by atoms with Crippen LogP contribution in [0.3, 0.4) is 0 Å². The normalized spacial score (nSPS) is 18.1. The molecular formula is C26H37BrN2O4. The van der Waals surface area contributed by atoms with Crippen LogP contribution in [-0.4, -0.2) is 60.7 Å². The van der Waals surface area contributed by atoms with Gasteiger partial charge < -0.3 is 19.3 Å². The van der Waals surface area contributed by atoms with Crippen molar-refractivity contribution in [1.82, 2.24) is 4.90 Å². The van der Waals surface area contributed by atoms with E-state index in [9.17, 15) is 9.59 Å². The zero-order valence-corrected chi connectivity index (χ0v) is 22.5. The van der Waals surface area contributed by atoms with Gasteiger partial charge in [-0.05, 0) is 78.0 Å². The van der Waals surface area contributed by atoms with E-state index in [-0.39, 0.29) is 18.1 Å². The van der Waals surface area contributed by atoms with Crippen LogP contribution in [0, 0.1) is 18.8 Å². The molecule has 0 unspecified atom stereocenters. The van der Waals surface area contributed by atoms with Crippen molar-refractivity contribution in [3.63, 3.8) is 0 Å². The molecule has 1 amide bonds. The van der Waals surface area contributed by atoms with Gasteiger partial charge in [-0.2, -0.15) is 0 Å². The van der Waals surface area contributed by atoms with Crippen LogP contribution >= 0.6 is 15.9 Å². The molecule has 0 radical (unpaired) electrons. The molecule has 0 aromatic heterocycles. The second-order valence-corrected chi connectivity index (χ2v) is 10.00. The molecule has 0 saturated heterocycles. The number of anilines is 1. The molecule has 0 bridgehead atoms. The van der Waals surface area contributed by atoms with Crippen molar-refractivity contribution < 1.29 is 19.1 Å². The highest BCUT2D eigenvalue weighted by Crippen LogP contribution is 2.33. The Balaban J connectivity index is 2.24. The lowest BCUT2D eigenvalue weighted by Gasteiger charge is -2.41. The fourth-order valence-electron chi connectivity index (χ4n) is 4.39. The van der Waals surface area contributed by atoms with Gasteiger partial charge in [0, 0.05) is 36.9 Å². The van der Waals surface area contributed by atoms with E-state index < -0.39 is 5.60 Å². The SMILES string of the molecule is CCN(c1cc(C#CCBr)cc(C(=O)OC)c1C)C1CCC(N(C)C(=O)OC(C)(C)C)CC1. The molecule has 182 valence electrons. The molecule has 0 aliphatic heterocycles. The second kappa shape index (κ2) is 11.8. The maximum absolute atomic E-state index is 12.5. The van der Waals surface area contributed by atoms with E-state index in [4.69, 9.17) is 9.47 Å². The van der Waals surface area contributed by atoms with Crippen LogP contribution in [0.25, 0.3) is 0 Å². The number of rotatable bonds is 5. The lowest BCUT2D eigenvalue weighted by Crippen LogP contribution is -2.46. The fourth-order valence-corrected chi connectivity index (χ4v) is 4.53. The van der Waals surface area contributed by atoms with Crippen molar-refractivity contribution in [3.05, 3.63) is 28.8 Å². The van der Waals surface area contributed by atoms with Gasteiger partial charge in [0.25, 0.3) is 0 Å². The van der Waals surface area contributed by atoms with Crippen molar-refractivity contribution in [3.8, 4) is 11.8 Å². The molecule has 1 saturated carbocycles. The number of esters is 1. The van der Waals surface area contributed by atoms with Gasteiger partial charge in [-0.25, -0.2) is 9.59 Å². The van der Waals surface area contributed by atoms with Gasteiger partial charge in [-0.1, -0.05) is 27.8 Å². The van der Waals surface area contributed by atoms with Crippen molar-refractivity contribution in [1.29, 1.82) is 0 Å². The first kappa shape index (κ1) is 27.0. The first-order chi connectivity index (χ1) is 15.5. The first-order valence-corrected chi connectivity index (χ1v) is 12.6. The molecule has 1 aliphatic rings. The number of carbonyl (C=O) groups is 2. The molecule has 0 heterocycles. The lowest BCUT2D eigenvalue weighted by atomic mass is 9.88. The molecule has 1 aliphatic carbocycles. The summed E-state index contributed by atoms with van der Waals surface area (Å²) < 4.78 is 10.6. The molecule has 0 spiro atoms. The number of ether oxygens (including phenoxy) is 2. The third kappa shape index (κ3) is 7.14. The number of nitrogens with zero attached hydrogens (tertiary/aromatic N) is 2. The average Bonchev–Trinajstić information content (AvgIpc) is 2.77. The molecular weight excluding hydrogens is 484 g/mol. The number of carbonyl (C=O) groups excluding carboxylic acids is 2. The summed E-state index contributed by atoms with van der Waals surface area (Å²) in [6.07, 6.45) is 3.45. The number of hydrogen-bond donors (Lipinski definition) is 0. The van der Waals surface area contributed by atoms with Gasteiger partial charge in [0.1, 0.15) is 5.60 Å². The van der Waals surface area contributed by atoms with E-state index in [2.05, 4.69) is 45.7 Å². The summed E-state index contributed by atoms with van der Waals surface area (Å²) in [5.41, 5.74) is 2.77. The number of hydrogen-bond acceptors (Lipinski definition) is 5. The molecule has 1 aromatic carbocycles. The summed E-state index contributed by atoms with van der Waals surface area (Å²) >= 11 is 3.34. The second-order valence-electron chi connectivity index (χ2n) is 9.43. The molecule has 2 rings (SSSR count). The minimum absolute atomic E-state index is 0.165. The van der Waals surface area contributed by atoms with Crippen LogP contribution in [0.4, 0.5) is 10.5 Å². The summed E-state index contributed by atoms with van der Waals surface area (Å²) in [5.74, 6) is 5.80. The Labute approximate surface area is 207 Å². The first-order valence-electron chi connectivity index (χ1n) is 11.5. The number of benzene rings is 1. The Hall–Kier alpha value is -2.20. The van der Waals surface area contributed by atoms with Crippen molar-refractivity contribution in [2.45, 2.75) is 78.0 Å². The quantitative estimate of drug-likeness (QED) is 0.290. The Morgan fingerprint density at radius 1 is 1.15 bits per heavy atom. The van der Waals surface area contributed by atoms with E-state index in [0.29, 0.717) is 16.9 Å². The van der Waals surface area contributed by atoms with E-state index in [1.165, 1.54) is 7.11 Å². The smallest absolute Gasteiger partial charge is 0.410 e. The lowest BCUT2D eigenvalue weighted by molar-refractivity contribution is 0.0183. The van der Waals surface area contributed by atoms with Crippen LogP contribution in [0.2, 0.25) is 0 Å². The summed E-state index contributed by atoms with van der Waals surface area (Å²) in [7, 11) is 3.23. The molecule has 7 heteroatoms. The van der Waals surface area contributed by atoms with Crippen molar-refractivity contribution in [2.75, 3.05) is 30.9 Å². The highest BCUT2D eigenvalue weighted by molar-refractivity contribution is 9.09. The monoisotopic (exact) mass is 520 g/mol. The molecule has 0 atom stereocenters. The van der Waals surface area contributed by atoms with Crippen molar-refractivity contribution in [2.24, 2.45) is 0 Å². The van der Waals surface area contributed by atoms with Crippen LogP contribution in [0.1, 0.15) is 74.9 Å². The van der Waals surface area contributed by atoms with Crippen molar-refractivity contribution >= 4 is 33.7 Å². The predicted molar refractivity (Wildman–Crippen MR) is 136 cm³/mol. The van der Waals surface area contributed by atoms with Gasteiger partial charge in [0.2, 0.25) is 0 Å². The minimum Gasteiger partial charge on any atom is -0.465 e. The van der Waals surface area contributed by atoms with Gasteiger partial charge in [-0.15, -0.1) is 0 Å². The third-order valence-corrected chi connectivity index (χ3v) is 6.35. The maximum Gasteiger partial charge on any atom is 0.410 e. The third-order valence-electron chi connectivity index (χ3n) is 6.07. The highest BCUT2D eigenvalue weighted by atomic mass is 79.9. The van der Waals surface area contributed by atoms with E-state index in [1.54, 1.807) is 11.0 Å². The highest BCUT2D eigenvalue weighted by Gasteiger charge is 2.32. The van der Waals surface area contributed by atoms with Gasteiger partial charge in [0.15, 0.2) is 0 Å². The van der Waals surface area contributed by atoms with Crippen LogP contribution in [-0.2, 0) is 9.47 Å². The molecule has 33 heavy (non-hydrogen) atoms. The van der Waals surface area contributed by atoms with Gasteiger partial charge in [0.05, 0.1) is 18.0 Å². The Bertz CT molecular complexity index is 905. The predicted octanol–water partition coefficient (Wildman–Crippen LogP) is 5.53. The topological polar surface area (TPSA) is 59.1 Å². The van der Waals surface area contributed by atoms with Crippen LogP contribution in [0.5, 0.6) is 0 Å². The molecule has 6 nitrogen and oxygen atoms in total. The minimum atomic E-state index is -0.501. The number of alkyl halides is 1. The number of methoxy groups -OCH3 is 1.